The molecule has 0 atom stereocenters. The van der Waals surface area contributed by atoms with Crippen LogP contribution in [0.3, 0.4) is 0 Å². The molecule has 0 radical (unpaired) electrons. The van der Waals surface area contributed by atoms with Crippen LogP contribution < -0.4 is 5.32 Å². The molecule has 1 saturated heterocycles. The number of aryl methyl sites for hydroxylation is 1. The molecule has 31 heavy (non-hydrogen) atoms. The number of halogens is 1. The number of hydrogen-bond acceptors (Lipinski definition) is 4. The standard InChI is InChI=1S/C23H29BrN2O3S2/c1-18-3-2-4-20(15-18)16-30-14-11-25-23(27)21-9-12-26(13-10-21)31(28,29)17-19-5-7-22(24)8-6-19/h2-8,15,21H,9-14,16-17H2,1H3,(H,25,27). The van der Waals surface area contributed by atoms with Gasteiger partial charge < -0.3 is 5.32 Å². The number of rotatable bonds is 9. The molecule has 1 aliphatic rings. The maximum Gasteiger partial charge on any atom is 0.223 e. The highest BCUT2D eigenvalue weighted by Crippen LogP contribution is 2.22. The Labute approximate surface area is 198 Å². The third-order valence-corrected chi connectivity index (χ3v) is 8.79. The minimum atomic E-state index is -3.37. The van der Waals surface area contributed by atoms with Gasteiger partial charge in [0, 0.05) is 41.5 Å². The molecule has 2 aromatic carbocycles. The van der Waals surface area contributed by atoms with Crippen LogP contribution in [0, 0.1) is 12.8 Å². The van der Waals surface area contributed by atoms with Crippen molar-refractivity contribution in [1.82, 2.24) is 9.62 Å². The van der Waals surface area contributed by atoms with E-state index in [1.165, 1.54) is 15.4 Å². The minimum Gasteiger partial charge on any atom is -0.355 e. The topological polar surface area (TPSA) is 66.5 Å². The second-order valence-electron chi connectivity index (χ2n) is 7.89. The smallest absolute Gasteiger partial charge is 0.223 e. The Balaban J connectivity index is 1.36. The molecule has 5 nitrogen and oxygen atoms in total. The summed E-state index contributed by atoms with van der Waals surface area (Å²) in [6.45, 7) is 3.53. The fraction of sp³-hybridized carbons (Fsp3) is 0.435. The summed E-state index contributed by atoms with van der Waals surface area (Å²) >= 11 is 5.17. The van der Waals surface area contributed by atoms with Crippen LogP contribution in [0.5, 0.6) is 0 Å². The van der Waals surface area contributed by atoms with E-state index in [0.29, 0.717) is 32.5 Å². The highest BCUT2D eigenvalue weighted by atomic mass is 79.9. The van der Waals surface area contributed by atoms with Crippen LogP contribution in [-0.4, -0.2) is 44.0 Å². The zero-order valence-corrected chi connectivity index (χ0v) is 20.9. The number of thioether (sulfide) groups is 1. The lowest BCUT2D eigenvalue weighted by molar-refractivity contribution is -0.125. The molecule has 168 valence electrons. The maximum absolute atomic E-state index is 12.7. The fourth-order valence-electron chi connectivity index (χ4n) is 3.66. The minimum absolute atomic E-state index is 0.00466. The zero-order valence-electron chi connectivity index (χ0n) is 17.7. The van der Waals surface area contributed by atoms with E-state index >= 15 is 0 Å². The van der Waals surface area contributed by atoms with Crippen molar-refractivity contribution < 1.29 is 13.2 Å². The molecular weight excluding hydrogens is 496 g/mol. The Morgan fingerprint density at radius 3 is 2.52 bits per heavy atom. The molecule has 0 bridgehead atoms. The molecule has 0 saturated carbocycles. The number of nitrogens with zero attached hydrogens (tertiary/aromatic N) is 1. The van der Waals surface area contributed by atoms with Gasteiger partial charge in [0.15, 0.2) is 0 Å². The van der Waals surface area contributed by atoms with Crippen molar-refractivity contribution >= 4 is 43.6 Å². The second-order valence-corrected chi connectivity index (χ2v) is 11.9. The monoisotopic (exact) mass is 524 g/mol. The van der Waals surface area contributed by atoms with Crippen LogP contribution in [0.15, 0.2) is 53.0 Å². The van der Waals surface area contributed by atoms with E-state index in [1.54, 1.807) is 11.8 Å². The van der Waals surface area contributed by atoms with Crippen LogP contribution in [0.25, 0.3) is 0 Å². The average Bonchev–Trinajstić information content (AvgIpc) is 2.75. The molecule has 1 amide bonds. The van der Waals surface area contributed by atoms with Crippen LogP contribution in [0.4, 0.5) is 0 Å². The quantitative estimate of drug-likeness (QED) is 0.495. The van der Waals surface area contributed by atoms with E-state index < -0.39 is 10.0 Å². The van der Waals surface area contributed by atoms with Gasteiger partial charge in [-0.2, -0.15) is 11.8 Å². The number of nitrogens with one attached hydrogen (secondary N) is 1. The predicted molar refractivity (Wildman–Crippen MR) is 131 cm³/mol. The van der Waals surface area contributed by atoms with Gasteiger partial charge in [-0.05, 0) is 43.0 Å². The van der Waals surface area contributed by atoms with Gasteiger partial charge >= 0.3 is 0 Å². The Bertz CT molecular complexity index is 973. The predicted octanol–water partition coefficient (Wildman–Crippen LogP) is 4.35. The highest BCUT2D eigenvalue weighted by molar-refractivity contribution is 9.10. The molecule has 1 N–H and O–H groups in total. The largest absolute Gasteiger partial charge is 0.355 e. The van der Waals surface area contributed by atoms with E-state index in [0.717, 1.165) is 21.5 Å². The first-order chi connectivity index (χ1) is 14.8. The van der Waals surface area contributed by atoms with Crippen molar-refractivity contribution in [1.29, 1.82) is 0 Å². The molecule has 2 aromatic rings. The Morgan fingerprint density at radius 2 is 1.84 bits per heavy atom. The van der Waals surface area contributed by atoms with Crippen molar-refractivity contribution in [2.45, 2.75) is 31.3 Å². The molecular formula is C23H29BrN2O3S2. The van der Waals surface area contributed by atoms with Gasteiger partial charge in [0.05, 0.1) is 5.75 Å². The van der Waals surface area contributed by atoms with Gasteiger partial charge in [0.25, 0.3) is 0 Å². The number of carbonyl (C=O) groups excluding carboxylic acids is 1. The first-order valence-electron chi connectivity index (χ1n) is 10.5. The SMILES string of the molecule is Cc1cccc(CSCCNC(=O)C2CCN(S(=O)(=O)Cc3ccc(Br)cc3)CC2)c1. The lowest BCUT2D eigenvalue weighted by Gasteiger charge is -2.30. The van der Waals surface area contributed by atoms with E-state index in [1.807, 2.05) is 24.3 Å². The van der Waals surface area contributed by atoms with Gasteiger partial charge in [0.1, 0.15) is 0 Å². The molecule has 0 spiro atoms. The van der Waals surface area contributed by atoms with E-state index in [-0.39, 0.29) is 17.6 Å². The molecule has 3 rings (SSSR count). The zero-order chi connectivity index (χ0) is 22.3. The van der Waals surface area contributed by atoms with Gasteiger partial charge in [-0.3, -0.25) is 4.79 Å². The first kappa shape index (κ1) is 24.3. The van der Waals surface area contributed by atoms with E-state index in [2.05, 4.69) is 52.4 Å². The molecule has 1 aliphatic heterocycles. The third-order valence-electron chi connectivity index (χ3n) is 5.38. The first-order valence-corrected chi connectivity index (χ1v) is 14.0. The lowest BCUT2D eigenvalue weighted by atomic mass is 9.97. The molecule has 1 fully saturated rings. The summed E-state index contributed by atoms with van der Waals surface area (Å²) in [6, 6.07) is 15.8. The number of hydrogen-bond donors (Lipinski definition) is 1. The van der Waals surface area contributed by atoms with Crippen molar-refractivity contribution in [3.63, 3.8) is 0 Å². The number of amides is 1. The summed E-state index contributed by atoms with van der Waals surface area (Å²) in [7, 11) is -3.37. The normalized spacial score (nSPS) is 15.7. The van der Waals surface area contributed by atoms with Gasteiger partial charge in [-0.15, -0.1) is 0 Å². The summed E-state index contributed by atoms with van der Waals surface area (Å²) in [4.78, 5) is 12.5. The number of benzene rings is 2. The van der Waals surface area contributed by atoms with Crippen LogP contribution in [0.2, 0.25) is 0 Å². The molecule has 0 aromatic heterocycles. The summed E-state index contributed by atoms with van der Waals surface area (Å²) in [5.74, 6) is 1.73. The molecule has 0 aliphatic carbocycles. The van der Waals surface area contributed by atoms with E-state index in [9.17, 15) is 13.2 Å². The summed E-state index contributed by atoms with van der Waals surface area (Å²) in [5, 5.41) is 3.02. The maximum atomic E-state index is 12.7. The average molecular weight is 526 g/mol. The fourth-order valence-corrected chi connectivity index (χ4v) is 6.30. The summed E-state index contributed by atoms with van der Waals surface area (Å²) in [5.41, 5.74) is 3.33. The molecule has 8 heteroatoms. The van der Waals surface area contributed by atoms with Crippen molar-refractivity contribution in [3.8, 4) is 0 Å². The van der Waals surface area contributed by atoms with Gasteiger partial charge in [-0.1, -0.05) is 57.9 Å². The summed E-state index contributed by atoms with van der Waals surface area (Å²) in [6.07, 6.45) is 1.14. The number of carbonyl (C=O) groups is 1. The van der Waals surface area contributed by atoms with Crippen LogP contribution >= 0.6 is 27.7 Å². The molecule has 0 unspecified atom stereocenters. The van der Waals surface area contributed by atoms with Crippen molar-refractivity contribution in [2.75, 3.05) is 25.4 Å². The Kier molecular flexibility index (Phi) is 9.01. The lowest BCUT2D eigenvalue weighted by Crippen LogP contribution is -2.43. The Morgan fingerprint density at radius 1 is 1.13 bits per heavy atom. The molecule has 1 heterocycles. The van der Waals surface area contributed by atoms with E-state index in [4.69, 9.17) is 0 Å². The van der Waals surface area contributed by atoms with Gasteiger partial charge in [-0.25, -0.2) is 12.7 Å². The van der Waals surface area contributed by atoms with Crippen LogP contribution in [-0.2, 0) is 26.3 Å². The third kappa shape index (κ3) is 7.63. The second kappa shape index (κ2) is 11.5. The van der Waals surface area contributed by atoms with Gasteiger partial charge in [0.2, 0.25) is 15.9 Å². The summed E-state index contributed by atoms with van der Waals surface area (Å²) < 4.78 is 27.9. The van der Waals surface area contributed by atoms with Crippen molar-refractivity contribution in [2.24, 2.45) is 5.92 Å². The number of piperidine rings is 1. The number of sulfonamides is 1. The Hall–Kier alpha value is -1.35. The highest BCUT2D eigenvalue weighted by Gasteiger charge is 2.31. The van der Waals surface area contributed by atoms with Crippen LogP contribution in [0.1, 0.15) is 29.5 Å². The van der Waals surface area contributed by atoms with Crippen molar-refractivity contribution in [3.05, 3.63) is 69.7 Å².